The van der Waals surface area contributed by atoms with Gasteiger partial charge in [0.2, 0.25) is 0 Å². The van der Waals surface area contributed by atoms with Gasteiger partial charge in [0.05, 0.1) is 23.8 Å². The number of benzene rings is 1. The first-order chi connectivity index (χ1) is 10.8. The van der Waals surface area contributed by atoms with Crippen LogP contribution in [0.3, 0.4) is 0 Å². The zero-order valence-corrected chi connectivity index (χ0v) is 13.9. The highest BCUT2D eigenvalue weighted by atomic mass is 32.2. The topological polar surface area (TPSA) is 92.8 Å². The molecule has 2 rings (SSSR count). The van der Waals surface area contributed by atoms with Gasteiger partial charge in [-0.05, 0) is 25.5 Å². The molecule has 1 unspecified atom stereocenters. The third-order valence-electron chi connectivity index (χ3n) is 3.71. The van der Waals surface area contributed by atoms with E-state index >= 15 is 0 Å². The van der Waals surface area contributed by atoms with Gasteiger partial charge in [0.25, 0.3) is 0 Å². The number of hydrogen-bond acceptors (Lipinski definition) is 5. The highest BCUT2D eigenvalue weighted by molar-refractivity contribution is 7.91. The molecule has 1 aliphatic rings. The maximum absolute atomic E-state index is 12.2. The Kier molecular flexibility index (Phi) is 5.25. The van der Waals surface area contributed by atoms with E-state index in [1.165, 1.54) is 11.9 Å². The number of sulfone groups is 1. The van der Waals surface area contributed by atoms with E-state index < -0.39 is 27.7 Å². The van der Waals surface area contributed by atoms with Crippen molar-refractivity contribution in [1.29, 1.82) is 0 Å². The Morgan fingerprint density at radius 3 is 2.65 bits per heavy atom. The van der Waals surface area contributed by atoms with E-state index in [1.807, 2.05) is 6.92 Å². The molecular formula is C15H20N2O5S. The number of rotatable bonds is 4. The summed E-state index contributed by atoms with van der Waals surface area (Å²) >= 11 is 0. The Morgan fingerprint density at radius 1 is 1.35 bits per heavy atom. The molecule has 1 aliphatic heterocycles. The van der Waals surface area contributed by atoms with Crippen molar-refractivity contribution in [2.75, 3.05) is 30.5 Å². The van der Waals surface area contributed by atoms with Crippen molar-refractivity contribution in [3.8, 4) is 5.75 Å². The summed E-state index contributed by atoms with van der Waals surface area (Å²) in [5, 5.41) is 2.52. The average molecular weight is 340 g/mol. The van der Waals surface area contributed by atoms with E-state index in [1.54, 1.807) is 24.3 Å². The van der Waals surface area contributed by atoms with E-state index in [0.29, 0.717) is 24.5 Å². The van der Waals surface area contributed by atoms with E-state index in [-0.39, 0.29) is 11.5 Å². The normalized spacial score (nSPS) is 19.1. The first kappa shape index (κ1) is 17.3. The number of ether oxygens (including phenoxy) is 1. The summed E-state index contributed by atoms with van der Waals surface area (Å²) in [5.74, 6) is -1.16. The fourth-order valence-electron chi connectivity index (χ4n) is 2.43. The summed E-state index contributed by atoms with van der Waals surface area (Å²) in [6.45, 7) is 2.25. The van der Waals surface area contributed by atoms with Crippen LogP contribution in [0.15, 0.2) is 24.3 Å². The van der Waals surface area contributed by atoms with Gasteiger partial charge in [-0.2, -0.15) is 0 Å². The molecule has 1 saturated heterocycles. The highest BCUT2D eigenvalue weighted by Crippen LogP contribution is 2.24. The number of nitrogens with one attached hydrogen (secondary N) is 1. The van der Waals surface area contributed by atoms with Crippen molar-refractivity contribution < 1.29 is 22.7 Å². The van der Waals surface area contributed by atoms with Gasteiger partial charge >= 0.3 is 11.8 Å². The van der Waals surface area contributed by atoms with Crippen LogP contribution in [0.4, 0.5) is 5.69 Å². The van der Waals surface area contributed by atoms with Crippen LogP contribution in [0, 0.1) is 0 Å². The second-order valence-electron chi connectivity index (χ2n) is 5.36. The number of para-hydroxylation sites is 2. The van der Waals surface area contributed by atoms with E-state index in [9.17, 15) is 18.0 Å². The molecule has 2 amide bonds. The summed E-state index contributed by atoms with van der Waals surface area (Å²) in [6, 6.07) is 6.35. The van der Waals surface area contributed by atoms with Crippen LogP contribution >= 0.6 is 0 Å². The molecule has 126 valence electrons. The summed E-state index contributed by atoms with van der Waals surface area (Å²) in [7, 11) is -1.67. The molecule has 8 heteroatoms. The number of anilines is 1. The lowest BCUT2D eigenvalue weighted by Gasteiger charge is -2.22. The number of likely N-dealkylation sites (N-methyl/N-ethyl adjacent to an activating group) is 1. The first-order valence-corrected chi connectivity index (χ1v) is 9.16. The number of carbonyl (C=O) groups excluding carboxylic acids is 2. The fraction of sp³-hybridized carbons (Fsp3) is 0.467. The fourth-order valence-corrected chi connectivity index (χ4v) is 4.21. The van der Waals surface area contributed by atoms with Crippen molar-refractivity contribution in [2.45, 2.75) is 19.4 Å². The molecule has 0 saturated carbocycles. The molecule has 7 nitrogen and oxygen atoms in total. The van der Waals surface area contributed by atoms with Crippen molar-refractivity contribution in [1.82, 2.24) is 4.90 Å². The van der Waals surface area contributed by atoms with Crippen LogP contribution in [0.25, 0.3) is 0 Å². The first-order valence-electron chi connectivity index (χ1n) is 7.34. The molecule has 1 aromatic carbocycles. The average Bonchev–Trinajstić information content (AvgIpc) is 2.88. The molecule has 0 spiro atoms. The maximum atomic E-state index is 12.2. The number of nitrogens with zero attached hydrogens (tertiary/aromatic N) is 1. The predicted octanol–water partition coefficient (Wildman–Crippen LogP) is 0.669. The lowest BCUT2D eigenvalue weighted by molar-refractivity contribution is -0.143. The minimum atomic E-state index is -3.12. The van der Waals surface area contributed by atoms with E-state index in [0.717, 1.165) is 0 Å². The molecule has 23 heavy (non-hydrogen) atoms. The number of hydrogen-bond donors (Lipinski definition) is 1. The SMILES string of the molecule is CCOc1ccccc1NC(=O)C(=O)N(C)C1CCS(=O)(=O)C1. The van der Waals surface area contributed by atoms with Crippen LogP contribution in [0.5, 0.6) is 5.75 Å². The lowest BCUT2D eigenvalue weighted by atomic mass is 10.2. The zero-order valence-electron chi connectivity index (χ0n) is 13.1. The van der Waals surface area contributed by atoms with Gasteiger partial charge in [-0.15, -0.1) is 0 Å². The minimum absolute atomic E-state index is 0.0457. The summed E-state index contributed by atoms with van der Waals surface area (Å²) < 4.78 is 28.4. The Labute approximate surface area is 135 Å². The van der Waals surface area contributed by atoms with Gasteiger partial charge in [0.15, 0.2) is 9.84 Å². The molecule has 1 atom stereocenters. The van der Waals surface area contributed by atoms with Crippen molar-refractivity contribution in [3.63, 3.8) is 0 Å². The zero-order chi connectivity index (χ0) is 17.0. The molecule has 0 radical (unpaired) electrons. The monoisotopic (exact) mass is 340 g/mol. The molecule has 1 N–H and O–H groups in total. The maximum Gasteiger partial charge on any atom is 0.314 e. The van der Waals surface area contributed by atoms with Gasteiger partial charge < -0.3 is 15.0 Å². The van der Waals surface area contributed by atoms with Gasteiger partial charge in [0.1, 0.15) is 5.75 Å². The minimum Gasteiger partial charge on any atom is -0.492 e. The largest absolute Gasteiger partial charge is 0.492 e. The van der Waals surface area contributed by atoms with Crippen LogP contribution in [-0.4, -0.2) is 56.3 Å². The predicted molar refractivity (Wildman–Crippen MR) is 86.1 cm³/mol. The van der Waals surface area contributed by atoms with Gasteiger partial charge in [-0.1, -0.05) is 12.1 Å². The van der Waals surface area contributed by atoms with Gasteiger partial charge in [0, 0.05) is 13.1 Å². The number of carbonyl (C=O) groups is 2. The Morgan fingerprint density at radius 2 is 2.04 bits per heavy atom. The summed E-state index contributed by atoms with van der Waals surface area (Å²) in [6.07, 6.45) is 0.355. The van der Waals surface area contributed by atoms with Crippen molar-refractivity contribution in [3.05, 3.63) is 24.3 Å². The van der Waals surface area contributed by atoms with Crippen LogP contribution in [0.2, 0.25) is 0 Å². The van der Waals surface area contributed by atoms with Crippen LogP contribution in [-0.2, 0) is 19.4 Å². The second kappa shape index (κ2) is 6.99. The smallest absolute Gasteiger partial charge is 0.314 e. The molecule has 0 bridgehead atoms. The van der Waals surface area contributed by atoms with E-state index in [2.05, 4.69) is 5.32 Å². The summed E-state index contributed by atoms with van der Waals surface area (Å²) in [5.41, 5.74) is 0.403. The molecule has 1 aromatic rings. The third kappa shape index (κ3) is 4.22. The van der Waals surface area contributed by atoms with Crippen molar-refractivity contribution in [2.24, 2.45) is 0 Å². The summed E-state index contributed by atoms with van der Waals surface area (Å²) in [4.78, 5) is 25.5. The Hall–Kier alpha value is -2.09. The Balaban J connectivity index is 2.04. The molecule has 1 fully saturated rings. The third-order valence-corrected chi connectivity index (χ3v) is 5.46. The van der Waals surface area contributed by atoms with Crippen LogP contribution in [0.1, 0.15) is 13.3 Å². The molecular weight excluding hydrogens is 320 g/mol. The molecule has 0 aliphatic carbocycles. The highest BCUT2D eigenvalue weighted by Gasteiger charge is 2.34. The molecule has 1 heterocycles. The van der Waals surface area contributed by atoms with Crippen molar-refractivity contribution >= 4 is 27.3 Å². The second-order valence-corrected chi connectivity index (χ2v) is 7.58. The standard InChI is InChI=1S/C15H20N2O5S/c1-3-22-13-7-5-4-6-12(13)16-14(18)15(19)17(2)11-8-9-23(20,21)10-11/h4-7,11H,3,8-10H2,1-2H3,(H,16,18). The lowest BCUT2D eigenvalue weighted by Crippen LogP contribution is -2.43. The quantitative estimate of drug-likeness (QED) is 0.813. The van der Waals surface area contributed by atoms with Crippen LogP contribution < -0.4 is 10.1 Å². The number of amides is 2. The Bertz CT molecular complexity index is 702. The van der Waals surface area contributed by atoms with Gasteiger partial charge in [-0.3, -0.25) is 9.59 Å². The van der Waals surface area contributed by atoms with Gasteiger partial charge in [-0.25, -0.2) is 8.42 Å². The van der Waals surface area contributed by atoms with E-state index in [4.69, 9.17) is 4.74 Å². The molecule has 0 aromatic heterocycles.